The molecule has 0 fully saturated rings. The average molecular weight is 881 g/mol. The largest absolute Gasteiger partial charge is 0.457 e. The smallest absolute Gasteiger partial charge is 0.188 e. The van der Waals surface area contributed by atoms with Gasteiger partial charge in [-0.25, -0.2) is 4.85 Å². The Balaban J connectivity index is 0.999. The normalized spacial score (nSPS) is 14.5. The van der Waals surface area contributed by atoms with Crippen LogP contribution in [0.15, 0.2) is 195 Å². The number of hydrogen-bond donors (Lipinski definition) is 0. The van der Waals surface area contributed by atoms with Crippen LogP contribution < -0.4 is 4.74 Å². The summed E-state index contributed by atoms with van der Waals surface area (Å²) in [5.41, 5.74) is 14.9. The highest BCUT2D eigenvalue weighted by molar-refractivity contribution is 6.13. The van der Waals surface area contributed by atoms with E-state index in [0.717, 1.165) is 128 Å². The van der Waals surface area contributed by atoms with E-state index in [1.165, 1.54) is 0 Å². The average Bonchev–Trinajstić information content (AvgIpc) is 4.12. The summed E-state index contributed by atoms with van der Waals surface area (Å²) in [5, 5.41) is 16.6. The number of fused-ring (bicyclic) bond motifs is 18. The molecule has 69 heavy (non-hydrogen) atoms. The molecule has 0 radical (unpaired) electrons. The molecule has 15 rings (SSSR count). The lowest BCUT2D eigenvalue weighted by Crippen LogP contribution is -2.32. The van der Waals surface area contributed by atoms with Crippen molar-refractivity contribution in [2.75, 3.05) is 0 Å². The van der Waals surface area contributed by atoms with E-state index in [0.29, 0.717) is 11.3 Å². The maximum absolute atomic E-state index is 10.2. The quantitative estimate of drug-likeness (QED) is 0.165. The van der Waals surface area contributed by atoms with Crippen molar-refractivity contribution in [3.63, 3.8) is 0 Å². The molecular formula is C60H32N8O. The first-order valence-electron chi connectivity index (χ1n) is 22.7. The number of benzene rings is 7. The number of nitrogens with zero attached hydrogens (tertiary/aromatic N) is 8. The van der Waals surface area contributed by atoms with Crippen LogP contribution in [0.3, 0.4) is 0 Å². The first kappa shape index (κ1) is 37.4. The third-order valence-electron chi connectivity index (χ3n) is 14.5. The fourth-order valence-electron chi connectivity index (χ4n) is 11.7. The lowest BCUT2D eigenvalue weighted by atomic mass is 9.66. The van der Waals surface area contributed by atoms with Crippen LogP contribution in [0.2, 0.25) is 0 Å². The predicted molar refractivity (Wildman–Crippen MR) is 271 cm³/mol. The molecule has 2 aliphatic rings. The van der Waals surface area contributed by atoms with Crippen LogP contribution in [-0.2, 0) is 5.41 Å². The lowest BCUT2D eigenvalue weighted by Gasteiger charge is -2.39. The number of pyridine rings is 3. The highest BCUT2D eigenvalue weighted by Crippen LogP contribution is 2.62. The van der Waals surface area contributed by atoms with Crippen LogP contribution in [-0.4, -0.2) is 28.7 Å². The van der Waals surface area contributed by atoms with Gasteiger partial charge in [-0.05, 0) is 114 Å². The molecule has 0 amide bonds. The van der Waals surface area contributed by atoms with E-state index in [1.807, 2.05) is 79.4 Å². The van der Waals surface area contributed by atoms with Crippen LogP contribution in [0.1, 0.15) is 27.8 Å². The van der Waals surface area contributed by atoms with Gasteiger partial charge in [0.15, 0.2) is 5.69 Å². The van der Waals surface area contributed by atoms with Crippen molar-refractivity contribution in [1.29, 1.82) is 5.26 Å². The molecule has 7 heterocycles. The Hall–Kier alpha value is -9.83. The van der Waals surface area contributed by atoms with Gasteiger partial charge >= 0.3 is 0 Å². The number of ether oxygens (including phenoxy) is 1. The molecule has 0 bridgehead atoms. The summed E-state index contributed by atoms with van der Waals surface area (Å²) < 4.78 is 13.8. The van der Waals surface area contributed by atoms with Gasteiger partial charge in [0.25, 0.3) is 0 Å². The summed E-state index contributed by atoms with van der Waals surface area (Å²) in [4.78, 5) is 18.7. The molecule has 318 valence electrons. The van der Waals surface area contributed by atoms with Gasteiger partial charge in [0, 0.05) is 67.4 Å². The summed E-state index contributed by atoms with van der Waals surface area (Å²) in [7, 11) is 0. The maximum Gasteiger partial charge on any atom is 0.188 e. The van der Waals surface area contributed by atoms with Crippen LogP contribution in [0.5, 0.6) is 11.5 Å². The molecule has 1 spiro atoms. The van der Waals surface area contributed by atoms with Crippen molar-refractivity contribution in [2.45, 2.75) is 5.41 Å². The molecule has 1 atom stereocenters. The van der Waals surface area contributed by atoms with E-state index < -0.39 is 5.41 Å². The first-order valence-corrected chi connectivity index (χ1v) is 22.7. The molecule has 7 aromatic carbocycles. The molecule has 0 saturated heterocycles. The van der Waals surface area contributed by atoms with E-state index in [4.69, 9.17) is 21.3 Å². The zero-order valence-electron chi connectivity index (χ0n) is 36.5. The van der Waals surface area contributed by atoms with Gasteiger partial charge < -0.3 is 18.4 Å². The monoisotopic (exact) mass is 880 g/mol. The molecule has 0 N–H and O–H groups in total. The number of rotatable bonds is 3. The van der Waals surface area contributed by atoms with Crippen LogP contribution in [0, 0.1) is 17.9 Å². The second-order valence-corrected chi connectivity index (χ2v) is 17.8. The van der Waals surface area contributed by atoms with Crippen molar-refractivity contribution in [3.8, 4) is 46.0 Å². The summed E-state index contributed by atoms with van der Waals surface area (Å²) in [6.45, 7) is 7.79. The number of aromatic nitrogens is 6. The Kier molecular flexibility index (Phi) is 7.38. The van der Waals surface area contributed by atoms with Gasteiger partial charge in [-0.15, -0.1) is 0 Å². The fraction of sp³-hybridized carbons (Fsp3) is 0.0167. The van der Waals surface area contributed by atoms with Gasteiger partial charge in [0.05, 0.1) is 86.2 Å². The van der Waals surface area contributed by atoms with Crippen molar-refractivity contribution in [2.24, 2.45) is 0 Å². The molecule has 0 saturated carbocycles. The topological polar surface area (TPSA) is 90.8 Å². The standard InChI is InChI=1S/C60H32N8O/c1-62-36-17-21-53-44(28-36)41-10-3-6-14-51(41)68(53)39-31-49-59(65-33-39)58-47(12-8-25-64-58)60(49)46-11-4-7-15-56(46)69-57-23-19-38(30-48(57)60)66-52-20-16-35(32-61)27-43(52)45-29-37(18-22-54(45)66)67-50-13-5-2-9-40(50)42-24-26-63-34-55(42)67/h2-31,33-34H. The van der Waals surface area contributed by atoms with Gasteiger partial charge in [0.2, 0.25) is 0 Å². The molecule has 1 unspecified atom stereocenters. The fourth-order valence-corrected chi connectivity index (χ4v) is 11.7. The number of para-hydroxylation sites is 3. The van der Waals surface area contributed by atoms with Crippen molar-refractivity contribution < 1.29 is 4.74 Å². The predicted octanol–water partition coefficient (Wildman–Crippen LogP) is 14.1. The lowest BCUT2D eigenvalue weighted by molar-refractivity contribution is 0.436. The van der Waals surface area contributed by atoms with E-state index in [-0.39, 0.29) is 0 Å². The van der Waals surface area contributed by atoms with Crippen molar-refractivity contribution in [3.05, 3.63) is 234 Å². The molecule has 1 aliphatic carbocycles. The molecule has 9 heteroatoms. The maximum atomic E-state index is 10.2. The third kappa shape index (κ3) is 4.87. The highest BCUT2D eigenvalue weighted by atomic mass is 16.5. The zero-order chi connectivity index (χ0) is 45.5. The Bertz CT molecular complexity index is 4470. The van der Waals surface area contributed by atoms with Crippen LogP contribution >= 0.6 is 0 Å². The SMILES string of the molecule is [C-]#[N+]c1ccc2c(c1)c1ccccc1n2-c1cnc2c(c1)C1(c3ccccc3Oc3ccc(-n4c5ccc(C#N)cc5c5cc(-n6c7ccccc7c7ccncc76)ccc54)cc31)c1cccnc1-2. The Morgan fingerprint density at radius 2 is 1.07 bits per heavy atom. The minimum Gasteiger partial charge on any atom is -0.457 e. The van der Waals surface area contributed by atoms with Crippen LogP contribution in [0.4, 0.5) is 5.69 Å². The molecule has 13 aromatic rings. The summed E-state index contributed by atoms with van der Waals surface area (Å²) >= 11 is 0. The van der Waals surface area contributed by atoms with Crippen molar-refractivity contribution in [1.82, 2.24) is 28.7 Å². The van der Waals surface area contributed by atoms with Gasteiger partial charge in [-0.3, -0.25) is 15.0 Å². The van der Waals surface area contributed by atoms with Gasteiger partial charge in [0.1, 0.15) is 11.5 Å². The summed E-state index contributed by atoms with van der Waals surface area (Å²) in [5.74, 6) is 1.51. The molecule has 1 aliphatic heterocycles. The van der Waals surface area contributed by atoms with Gasteiger partial charge in [-0.2, -0.15) is 5.26 Å². The molecule has 9 nitrogen and oxygen atoms in total. The number of hydrogen-bond acceptors (Lipinski definition) is 5. The first-order chi connectivity index (χ1) is 34.1. The summed E-state index contributed by atoms with van der Waals surface area (Å²) in [6.07, 6.45) is 7.58. The highest BCUT2D eigenvalue weighted by Gasteiger charge is 2.53. The van der Waals surface area contributed by atoms with Crippen molar-refractivity contribution >= 4 is 71.1 Å². The Morgan fingerprint density at radius 3 is 1.91 bits per heavy atom. The Labute approximate surface area is 393 Å². The Morgan fingerprint density at radius 1 is 0.464 bits per heavy atom. The molecular weight excluding hydrogens is 849 g/mol. The third-order valence-corrected chi connectivity index (χ3v) is 14.5. The molecule has 6 aromatic heterocycles. The zero-order valence-corrected chi connectivity index (χ0v) is 36.5. The second kappa shape index (κ2) is 13.6. The van der Waals surface area contributed by atoms with Gasteiger partial charge in [-0.1, -0.05) is 66.7 Å². The second-order valence-electron chi connectivity index (χ2n) is 17.8. The minimum absolute atomic E-state index is 0.590. The minimum atomic E-state index is -0.886. The van der Waals surface area contributed by atoms with E-state index in [1.54, 1.807) is 0 Å². The van der Waals surface area contributed by atoms with E-state index in [9.17, 15) is 5.26 Å². The van der Waals surface area contributed by atoms with E-state index >= 15 is 0 Å². The summed E-state index contributed by atoms with van der Waals surface area (Å²) in [6, 6.07) is 61.1. The van der Waals surface area contributed by atoms with Crippen LogP contribution in [0.25, 0.3) is 98.7 Å². The number of nitriles is 1. The van der Waals surface area contributed by atoms with E-state index in [2.05, 4.69) is 145 Å².